The van der Waals surface area contributed by atoms with E-state index in [9.17, 15) is 4.79 Å². The Hall–Kier alpha value is -1.19. The standard InChI is InChI=1S/C23H34N2O/c26-23-21(10-4-7-17-25-15-5-1-6-16-25)19-8-2-3-9-20(19)22(23)18-11-13-24-14-12-18/h2-3,8-9,18,21-22,24H,1,4-7,10-17H2. The molecule has 1 aliphatic carbocycles. The second-order valence-electron chi connectivity index (χ2n) is 8.55. The third-order valence-corrected chi connectivity index (χ3v) is 6.88. The summed E-state index contributed by atoms with van der Waals surface area (Å²) in [6.45, 7) is 5.92. The number of hydrogen-bond donors (Lipinski definition) is 1. The number of ketones is 1. The molecule has 0 radical (unpaired) electrons. The molecule has 2 unspecified atom stereocenters. The van der Waals surface area contributed by atoms with E-state index in [0.29, 0.717) is 11.7 Å². The van der Waals surface area contributed by atoms with Gasteiger partial charge in [-0.2, -0.15) is 0 Å². The molecular formula is C23H34N2O. The van der Waals surface area contributed by atoms with Crippen LogP contribution >= 0.6 is 0 Å². The molecule has 2 atom stereocenters. The molecule has 2 saturated heterocycles. The Morgan fingerprint density at radius 2 is 1.69 bits per heavy atom. The maximum atomic E-state index is 13.3. The molecule has 26 heavy (non-hydrogen) atoms. The van der Waals surface area contributed by atoms with Crippen molar-refractivity contribution >= 4 is 5.78 Å². The lowest BCUT2D eigenvalue weighted by Crippen LogP contribution is -2.32. The molecule has 142 valence electrons. The number of Topliss-reactive ketones (excluding diaryl/α,β-unsaturated/α-hetero) is 1. The van der Waals surface area contributed by atoms with Crippen LogP contribution < -0.4 is 5.32 Å². The number of hydrogen-bond acceptors (Lipinski definition) is 3. The van der Waals surface area contributed by atoms with Crippen LogP contribution in [-0.2, 0) is 4.79 Å². The van der Waals surface area contributed by atoms with Gasteiger partial charge in [-0.25, -0.2) is 0 Å². The molecule has 4 rings (SSSR count). The number of carbonyl (C=O) groups is 1. The fourth-order valence-corrected chi connectivity index (χ4v) is 5.46. The van der Waals surface area contributed by atoms with Crippen LogP contribution in [0.3, 0.4) is 0 Å². The monoisotopic (exact) mass is 354 g/mol. The average Bonchev–Trinajstić information content (AvgIpc) is 2.98. The summed E-state index contributed by atoms with van der Waals surface area (Å²) in [4.78, 5) is 15.9. The summed E-state index contributed by atoms with van der Waals surface area (Å²) in [6, 6.07) is 8.70. The predicted molar refractivity (Wildman–Crippen MR) is 107 cm³/mol. The second kappa shape index (κ2) is 8.67. The first kappa shape index (κ1) is 18.2. The number of rotatable bonds is 6. The number of unbranched alkanes of at least 4 members (excludes halogenated alkanes) is 1. The summed E-state index contributed by atoms with van der Waals surface area (Å²) in [5, 5.41) is 3.45. The number of likely N-dealkylation sites (tertiary alicyclic amines) is 1. The third kappa shape index (κ3) is 3.89. The zero-order valence-corrected chi connectivity index (χ0v) is 16.1. The minimum absolute atomic E-state index is 0.160. The highest BCUT2D eigenvalue weighted by Crippen LogP contribution is 2.46. The minimum Gasteiger partial charge on any atom is -0.317 e. The van der Waals surface area contributed by atoms with Gasteiger partial charge in [0.25, 0.3) is 0 Å². The molecule has 2 aliphatic heterocycles. The first-order valence-corrected chi connectivity index (χ1v) is 10.9. The maximum Gasteiger partial charge on any atom is 0.148 e. The number of carbonyl (C=O) groups excluding carboxylic acids is 1. The van der Waals surface area contributed by atoms with Crippen molar-refractivity contribution in [3.05, 3.63) is 35.4 Å². The van der Waals surface area contributed by atoms with Crippen molar-refractivity contribution in [2.24, 2.45) is 5.92 Å². The zero-order valence-electron chi connectivity index (χ0n) is 16.1. The Morgan fingerprint density at radius 3 is 2.46 bits per heavy atom. The molecular weight excluding hydrogens is 320 g/mol. The molecule has 1 aromatic carbocycles. The van der Waals surface area contributed by atoms with Gasteiger partial charge in [-0.3, -0.25) is 4.79 Å². The van der Waals surface area contributed by atoms with Crippen LogP contribution in [0.15, 0.2) is 24.3 Å². The highest BCUT2D eigenvalue weighted by Gasteiger charge is 2.42. The summed E-state index contributed by atoms with van der Waals surface area (Å²) in [5.41, 5.74) is 2.70. The second-order valence-corrected chi connectivity index (χ2v) is 8.55. The molecule has 0 saturated carbocycles. The van der Waals surface area contributed by atoms with Gasteiger partial charge in [-0.15, -0.1) is 0 Å². The van der Waals surface area contributed by atoms with Gasteiger partial charge in [0, 0.05) is 11.8 Å². The van der Waals surface area contributed by atoms with Crippen molar-refractivity contribution in [3.8, 4) is 0 Å². The van der Waals surface area contributed by atoms with Crippen LogP contribution in [0.1, 0.15) is 74.3 Å². The quantitative estimate of drug-likeness (QED) is 0.781. The van der Waals surface area contributed by atoms with Gasteiger partial charge in [-0.1, -0.05) is 37.1 Å². The van der Waals surface area contributed by atoms with Crippen LogP contribution in [0.5, 0.6) is 0 Å². The van der Waals surface area contributed by atoms with E-state index in [-0.39, 0.29) is 11.8 Å². The van der Waals surface area contributed by atoms with Gasteiger partial charge >= 0.3 is 0 Å². The van der Waals surface area contributed by atoms with Gasteiger partial charge in [0.15, 0.2) is 0 Å². The third-order valence-electron chi connectivity index (χ3n) is 6.88. The Morgan fingerprint density at radius 1 is 0.962 bits per heavy atom. The fraction of sp³-hybridized carbons (Fsp3) is 0.696. The maximum absolute atomic E-state index is 13.3. The SMILES string of the molecule is O=C1C(CCCCN2CCCCC2)c2ccccc2C1C1CCNCC1. The van der Waals surface area contributed by atoms with Crippen LogP contribution in [-0.4, -0.2) is 43.4 Å². The lowest BCUT2D eigenvalue weighted by Gasteiger charge is -2.28. The number of benzene rings is 1. The smallest absolute Gasteiger partial charge is 0.148 e. The number of piperidine rings is 2. The van der Waals surface area contributed by atoms with Gasteiger partial charge in [-0.05, 0) is 88.3 Å². The summed E-state index contributed by atoms with van der Waals surface area (Å²) in [7, 11) is 0. The first-order chi connectivity index (χ1) is 12.8. The van der Waals surface area contributed by atoms with E-state index in [1.807, 2.05) is 0 Å². The van der Waals surface area contributed by atoms with Gasteiger partial charge in [0.2, 0.25) is 0 Å². The lowest BCUT2D eigenvalue weighted by atomic mass is 9.80. The van der Waals surface area contributed by atoms with Crippen LogP contribution in [0.4, 0.5) is 0 Å². The summed E-state index contributed by atoms with van der Waals surface area (Å²) < 4.78 is 0. The molecule has 0 aromatic heterocycles. The molecule has 3 heteroatoms. The van der Waals surface area contributed by atoms with Gasteiger partial charge in [0.05, 0.1) is 0 Å². The van der Waals surface area contributed by atoms with Crippen LogP contribution in [0, 0.1) is 5.92 Å². The Kier molecular flexibility index (Phi) is 6.06. The zero-order chi connectivity index (χ0) is 17.8. The van der Waals surface area contributed by atoms with E-state index >= 15 is 0 Å². The van der Waals surface area contributed by atoms with E-state index < -0.39 is 0 Å². The fourth-order valence-electron chi connectivity index (χ4n) is 5.46. The van der Waals surface area contributed by atoms with Crippen molar-refractivity contribution in [3.63, 3.8) is 0 Å². The number of fused-ring (bicyclic) bond motifs is 1. The van der Waals surface area contributed by atoms with Crippen molar-refractivity contribution < 1.29 is 4.79 Å². The molecule has 3 aliphatic rings. The molecule has 0 bridgehead atoms. The number of nitrogens with one attached hydrogen (secondary N) is 1. The summed E-state index contributed by atoms with van der Waals surface area (Å²) in [6.07, 6.45) is 9.90. The molecule has 1 N–H and O–H groups in total. The summed E-state index contributed by atoms with van der Waals surface area (Å²) >= 11 is 0. The molecule has 2 fully saturated rings. The number of nitrogens with zero attached hydrogens (tertiary/aromatic N) is 1. The molecule has 0 spiro atoms. The van der Waals surface area contributed by atoms with E-state index in [4.69, 9.17) is 0 Å². The van der Waals surface area contributed by atoms with Crippen LogP contribution in [0.25, 0.3) is 0 Å². The highest BCUT2D eigenvalue weighted by molar-refractivity contribution is 5.97. The molecule has 0 amide bonds. The largest absolute Gasteiger partial charge is 0.317 e. The molecule has 2 heterocycles. The van der Waals surface area contributed by atoms with E-state index in [2.05, 4.69) is 34.5 Å². The van der Waals surface area contributed by atoms with Crippen molar-refractivity contribution in [1.82, 2.24) is 10.2 Å². The van der Waals surface area contributed by atoms with Crippen LogP contribution in [0.2, 0.25) is 0 Å². The summed E-state index contributed by atoms with van der Waals surface area (Å²) in [5.74, 6) is 1.40. The Balaban J connectivity index is 1.37. The predicted octanol–water partition coefficient (Wildman–Crippen LogP) is 4.09. The van der Waals surface area contributed by atoms with Gasteiger partial charge in [0.1, 0.15) is 5.78 Å². The van der Waals surface area contributed by atoms with E-state index in [1.54, 1.807) is 0 Å². The van der Waals surface area contributed by atoms with E-state index in [1.165, 1.54) is 62.9 Å². The first-order valence-electron chi connectivity index (χ1n) is 10.9. The van der Waals surface area contributed by atoms with Crippen molar-refractivity contribution in [2.75, 3.05) is 32.7 Å². The van der Waals surface area contributed by atoms with E-state index in [0.717, 1.165) is 32.4 Å². The average molecular weight is 355 g/mol. The minimum atomic E-state index is 0.160. The molecule has 3 nitrogen and oxygen atoms in total. The Bertz CT molecular complexity index is 602. The Labute approximate surface area is 158 Å². The highest BCUT2D eigenvalue weighted by atomic mass is 16.1. The van der Waals surface area contributed by atoms with Crippen molar-refractivity contribution in [2.45, 2.75) is 63.2 Å². The lowest BCUT2D eigenvalue weighted by molar-refractivity contribution is -0.122. The van der Waals surface area contributed by atoms with Gasteiger partial charge < -0.3 is 10.2 Å². The molecule has 1 aromatic rings. The van der Waals surface area contributed by atoms with Crippen molar-refractivity contribution in [1.29, 1.82) is 0 Å². The topological polar surface area (TPSA) is 32.3 Å². The normalized spacial score (nSPS) is 27.6.